The molecule has 1 unspecified atom stereocenters. The highest BCUT2D eigenvalue weighted by molar-refractivity contribution is 5.82. The summed E-state index contributed by atoms with van der Waals surface area (Å²) in [6.45, 7) is 4.03. The molecule has 0 heterocycles. The fourth-order valence-corrected chi connectivity index (χ4v) is 1.19. The lowest BCUT2D eigenvalue weighted by molar-refractivity contribution is -0.139. The van der Waals surface area contributed by atoms with E-state index >= 15 is 0 Å². The standard InChI is InChI=1S/C10H20N2O4/c1-4-7(6-16-3)11-10(15)12-8(5-2)9(13)14/h7-8H,4-6H2,1-3H3,(H,13,14)(H2,11,12,15)/t7?,8-/m1/s1. The molecule has 0 fully saturated rings. The third kappa shape index (κ3) is 5.55. The number of urea groups is 1. The number of ether oxygens (including phenoxy) is 1. The van der Waals surface area contributed by atoms with Crippen LogP contribution in [0.4, 0.5) is 4.79 Å². The number of carbonyl (C=O) groups excluding carboxylic acids is 1. The maximum absolute atomic E-state index is 11.4. The van der Waals surface area contributed by atoms with E-state index in [1.165, 1.54) is 0 Å². The Morgan fingerprint density at radius 2 is 1.88 bits per heavy atom. The molecule has 0 aliphatic heterocycles. The number of carbonyl (C=O) groups is 2. The van der Waals surface area contributed by atoms with Gasteiger partial charge in [0, 0.05) is 7.11 Å². The van der Waals surface area contributed by atoms with Crippen molar-refractivity contribution in [3.8, 4) is 0 Å². The summed E-state index contributed by atoms with van der Waals surface area (Å²) < 4.78 is 4.92. The molecule has 6 heteroatoms. The van der Waals surface area contributed by atoms with Crippen LogP contribution in [0.15, 0.2) is 0 Å². The van der Waals surface area contributed by atoms with E-state index in [0.29, 0.717) is 13.0 Å². The maximum atomic E-state index is 11.4. The Morgan fingerprint density at radius 3 is 2.25 bits per heavy atom. The monoisotopic (exact) mass is 232 g/mol. The van der Waals surface area contributed by atoms with Gasteiger partial charge in [-0.15, -0.1) is 0 Å². The molecule has 0 saturated carbocycles. The third-order valence-corrected chi connectivity index (χ3v) is 2.21. The molecule has 16 heavy (non-hydrogen) atoms. The number of methoxy groups -OCH3 is 1. The Morgan fingerprint density at radius 1 is 1.25 bits per heavy atom. The first-order valence-corrected chi connectivity index (χ1v) is 5.33. The summed E-state index contributed by atoms with van der Waals surface area (Å²) in [5.41, 5.74) is 0. The molecule has 0 aromatic rings. The first kappa shape index (κ1) is 14.7. The summed E-state index contributed by atoms with van der Waals surface area (Å²) >= 11 is 0. The van der Waals surface area contributed by atoms with E-state index in [4.69, 9.17) is 9.84 Å². The summed E-state index contributed by atoms with van der Waals surface area (Å²) in [4.78, 5) is 22.1. The molecule has 0 aromatic heterocycles. The van der Waals surface area contributed by atoms with Crippen LogP contribution in [0.2, 0.25) is 0 Å². The minimum absolute atomic E-state index is 0.101. The van der Waals surface area contributed by atoms with Crippen molar-refractivity contribution >= 4 is 12.0 Å². The molecule has 94 valence electrons. The molecule has 0 aromatic carbocycles. The second-order valence-electron chi connectivity index (χ2n) is 3.48. The number of carboxylic acid groups (broad SMARTS) is 1. The Balaban J connectivity index is 4.09. The van der Waals surface area contributed by atoms with Crippen LogP contribution in [0.5, 0.6) is 0 Å². The van der Waals surface area contributed by atoms with Crippen molar-refractivity contribution in [2.45, 2.75) is 38.8 Å². The lowest BCUT2D eigenvalue weighted by Gasteiger charge is -2.18. The minimum atomic E-state index is -1.03. The van der Waals surface area contributed by atoms with Gasteiger partial charge in [0.05, 0.1) is 12.6 Å². The first-order chi connectivity index (χ1) is 7.54. The highest BCUT2D eigenvalue weighted by Gasteiger charge is 2.18. The van der Waals surface area contributed by atoms with Gasteiger partial charge in [-0.3, -0.25) is 0 Å². The lowest BCUT2D eigenvalue weighted by Crippen LogP contribution is -2.49. The Bertz CT molecular complexity index is 233. The van der Waals surface area contributed by atoms with E-state index in [-0.39, 0.29) is 6.04 Å². The van der Waals surface area contributed by atoms with E-state index < -0.39 is 18.0 Å². The highest BCUT2D eigenvalue weighted by Crippen LogP contribution is 1.94. The van der Waals surface area contributed by atoms with Crippen LogP contribution in [-0.4, -0.2) is 42.9 Å². The van der Waals surface area contributed by atoms with Crippen molar-refractivity contribution in [1.82, 2.24) is 10.6 Å². The van der Waals surface area contributed by atoms with Crippen LogP contribution in [0.3, 0.4) is 0 Å². The minimum Gasteiger partial charge on any atom is -0.480 e. The van der Waals surface area contributed by atoms with Crippen molar-refractivity contribution in [1.29, 1.82) is 0 Å². The normalized spacial score (nSPS) is 13.9. The molecule has 6 nitrogen and oxygen atoms in total. The number of amides is 2. The largest absolute Gasteiger partial charge is 0.480 e. The molecule has 0 aliphatic carbocycles. The van der Waals surface area contributed by atoms with E-state index in [9.17, 15) is 9.59 Å². The molecule has 0 spiro atoms. The Kier molecular flexibility index (Phi) is 7.28. The summed E-state index contributed by atoms with van der Waals surface area (Å²) in [7, 11) is 1.55. The molecule has 0 aliphatic rings. The van der Waals surface area contributed by atoms with Crippen molar-refractivity contribution in [3.63, 3.8) is 0 Å². The fourth-order valence-electron chi connectivity index (χ4n) is 1.19. The van der Waals surface area contributed by atoms with Gasteiger partial charge < -0.3 is 20.5 Å². The highest BCUT2D eigenvalue weighted by atomic mass is 16.5. The smallest absolute Gasteiger partial charge is 0.326 e. The predicted molar refractivity (Wildman–Crippen MR) is 59.3 cm³/mol. The van der Waals surface area contributed by atoms with Crippen molar-refractivity contribution < 1.29 is 19.4 Å². The number of carboxylic acids is 1. The average Bonchev–Trinajstić information content (AvgIpc) is 2.24. The summed E-state index contributed by atoms with van der Waals surface area (Å²) in [5.74, 6) is -1.03. The zero-order chi connectivity index (χ0) is 12.6. The summed E-state index contributed by atoms with van der Waals surface area (Å²) in [5, 5.41) is 13.8. The van der Waals surface area contributed by atoms with Crippen LogP contribution >= 0.6 is 0 Å². The van der Waals surface area contributed by atoms with Gasteiger partial charge >= 0.3 is 12.0 Å². The SMILES string of the molecule is CCC(COC)NC(=O)N[C@H](CC)C(=O)O. The van der Waals surface area contributed by atoms with Crippen LogP contribution < -0.4 is 10.6 Å². The fraction of sp³-hybridized carbons (Fsp3) is 0.800. The molecule has 0 radical (unpaired) electrons. The van der Waals surface area contributed by atoms with Crippen LogP contribution in [0.25, 0.3) is 0 Å². The first-order valence-electron chi connectivity index (χ1n) is 5.33. The van der Waals surface area contributed by atoms with E-state index in [2.05, 4.69) is 10.6 Å². The average molecular weight is 232 g/mol. The Hall–Kier alpha value is -1.30. The van der Waals surface area contributed by atoms with Gasteiger partial charge in [-0.2, -0.15) is 0 Å². The number of hydrogen-bond acceptors (Lipinski definition) is 3. The second kappa shape index (κ2) is 7.92. The van der Waals surface area contributed by atoms with Crippen LogP contribution in [0, 0.1) is 0 Å². The third-order valence-electron chi connectivity index (χ3n) is 2.21. The second-order valence-corrected chi connectivity index (χ2v) is 3.48. The summed E-state index contributed by atoms with van der Waals surface area (Å²) in [6, 6.07) is -1.42. The molecule has 0 bridgehead atoms. The number of aliphatic carboxylic acids is 1. The Labute approximate surface area is 95.4 Å². The number of rotatable bonds is 7. The molecule has 3 N–H and O–H groups in total. The number of nitrogens with one attached hydrogen (secondary N) is 2. The maximum Gasteiger partial charge on any atom is 0.326 e. The van der Waals surface area contributed by atoms with Gasteiger partial charge in [0.25, 0.3) is 0 Å². The molecule has 0 saturated heterocycles. The summed E-state index contributed by atoms with van der Waals surface area (Å²) in [6.07, 6.45) is 1.08. The molecule has 0 rings (SSSR count). The zero-order valence-electron chi connectivity index (χ0n) is 9.95. The van der Waals surface area contributed by atoms with Crippen LogP contribution in [0.1, 0.15) is 26.7 Å². The van der Waals surface area contributed by atoms with Crippen molar-refractivity contribution in [2.24, 2.45) is 0 Å². The van der Waals surface area contributed by atoms with Gasteiger partial charge in [-0.1, -0.05) is 13.8 Å². The number of hydrogen-bond donors (Lipinski definition) is 3. The van der Waals surface area contributed by atoms with Crippen molar-refractivity contribution in [3.05, 3.63) is 0 Å². The van der Waals surface area contributed by atoms with Crippen LogP contribution in [-0.2, 0) is 9.53 Å². The van der Waals surface area contributed by atoms with Gasteiger partial charge in [-0.25, -0.2) is 9.59 Å². The van der Waals surface area contributed by atoms with Crippen molar-refractivity contribution in [2.75, 3.05) is 13.7 Å². The van der Waals surface area contributed by atoms with E-state index in [0.717, 1.165) is 6.42 Å². The zero-order valence-corrected chi connectivity index (χ0v) is 9.95. The quantitative estimate of drug-likeness (QED) is 0.599. The van der Waals surface area contributed by atoms with Gasteiger partial charge in [0.2, 0.25) is 0 Å². The van der Waals surface area contributed by atoms with Gasteiger partial charge in [-0.05, 0) is 12.8 Å². The molecule has 2 amide bonds. The topological polar surface area (TPSA) is 87.7 Å². The van der Waals surface area contributed by atoms with Gasteiger partial charge in [0.1, 0.15) is 6.04 Å². The van der Waals surface area contributed by atoms with E-state index in [1.807, 2.05) is 6.92 Å². The lowest BCUT2D eigenvalue weighted by atomic mass is 10.2. The predicted octanol–water partition coefficient (Wildman–Crippen LogP) is 0.574. The molecular formula is C10H20N2O4. The van der Waals surface area contributed by atoms with Gasteiger partial charge in [0.15, 0.2) is 0 Å². The molecular weight excluding hydrogens is 212 g/mol. The van der Waals surface area contributed by atoms with E-state index in [1.54, 1.807) is 14.0 Å². The molecule has 2 atom stereocenters.